The van der Waals surface area contributed by atoms with Crippen LogP contribution in [0.5, 0.6) is 0 Å². The van der Waals surface area contributed by atoms with Gasteiger partial charge < -0.3 is 0 Å². The number of Topliss-reactive ketones (excluding diaryl/α,β-unsaturated/α-hetero) is 2. The first-order valence-electron chi connectivity index (χ1n) is 5.35. The summed E-state index contributed by atoms with van der Waals surface area (Å²) >= 11 is 5.81. The summed E-state index contributed by atoms with van der Waals surface area (Å²) in [6, 6.07) is 7.41. The fraction of sp³-hybridized carbons (Fsp3) is 0.385. The van der Waals surface area contributed by atoms with Crippen LogP contribution in [0.4, 0.5) is 0 Å². The summed E-state index contributed by atoms with van der Waals surface area (Å²) in [5, 5.41) is 0.674. The number of carbonyl (C=O) groups is 2. The van der Waals surface area contributed by atoms with Crippen molar-refractivity contribution < 1.29 is 9.59 Å². The predicted molar refractivity (Wildman–Crippen MR) is 62.6 cm³/mol. The largest absolute Gasteiger partial charge is 0.300 e. The smallest absolute Gasteiger partial charge is 0.134 e. The van der Waals surface area contributed by atoms with Gasteiger partial charge in [0.2, 0.25) is 0 Å². The lowest BCUT2D eigenvalue weighted by atomic mass is 9.87. The number of rotatable bonds is 2. The monoisotopic (exact) mass is 236 g/mol. The molecule has 16 heavy (non-hydrogen) atoms. The van der Waals surface area contributed by atoms with Crippen LogP contribution < -0.4 is 0 Å². The molecule has 0 heterocycles. The summed E-state index contributed by atoms with van der Waals surface area (Å²) < 4.78 is 0. The van der Waals surface area contributed by atoms with Crippen molar-refractivity contribution in [2.24, 2.45) is 5.92 Å². The van der Waals surface area contributed by atoms with Crippen LogP contribution in [0.1, 0.15) is 31.2 Å². The Morgan fingerprint density at radius 2 is 1.88 bits per heavy atom. The zero-order valence-electron chi connectivity index (χ0n) is 9.07. The number of hydrogen-bond acceptors (Lipinski definition) is 2. The Kier molecular flexibility index (Phi) is 3.10. The lowest BCUT2D eigenvalue weighted by Crippen LogP contribution is -2.14. The minimum absolute atomic E-state index is 0.0438. The van der Waals surface area contributed by atoms with E-state index in [0.29, 0.717) is 17.9 Å². The van der Waals surface area contributed by atoms with Crippen LogP contribution in [0.3, 0.4) is 0 Å². The zero-order valence-corrected chi connectivity index (χ0v) is 9.83. The van der Waals surface area contributed by atoms with Crippen molar-refractivity contribution in [3.05, 3.63) is 34.9 Å². The Morgan fingerprint density at radius 3 is 2.44 bits per heavy atom. The molecule has 2 atom stereocenters. The maximum absolute atomic E-state index is 11.5. The average molecular weight is 237 g/mol. The standard InChI is InChI=1S/C13H13ClO2/c1-8(15)12-6-11(16)7-13(12)9-2-4-10(14)5-3-9/h2-5,12-13H,6-7H2,1H3/t12-,13?/m1/s1. The molecular weight excluding hydrogens is 224 g/mol. The van der Waals surface area contributed by atoms with Gasteiger partial charge in [0.05, 0.1) is 0 Å². The lowest BCUT2D eigenvalue weighted by Gasteiger charge is -2.16. The van der Waals surface area contributed by atoms with Crippen molar-refractivity contribution in [2.45, 2.75) is 25.7 Å². The first-order chi connectivity index (χ1) is 7.58. The Balaban J connectivity index is 2.28. The van der Waals surface area contributed by atoms with Gasteiger partial charge in [-0.05, 0) is 24.6 Å². The van der Waals surface area contributed by atoms with Crippen LogP contribution in [-0.4, -0.2) is 11.6 Å². The summed E-state index contributed by atoms with van der Waals surface area (Å²) in [4.78, 5) is 22.9. The first kappa shape index (κ1) is 11.3. The summed E-state index contributed by atoms with van der Waals surface area (Å²) in [5.41, 5.74) is 1.04. The number of halogens is 1. The van der Waals surface area contributed by atoms with Gasteiger partial charge in [-0.15, -0.1) is 0 Å². The van der Waals surface area contributed by atoms with E-state index in [2.05, 4.69) is 0 Å². The number of hydrogen-bond donors (Lipinski definition) is 0. The van der Waals surface area contributed by atoms with Gasteiger partial charge >= 0.3 is 0 Å². The highest BCUT2D eigenvalue weighted by molar-refractivity contribution is 6.30. The van der Waals surface area contributed by atoms with Crippen LogP contribution >= 0.6 is 11.6 Å². The Morgan fingerprint density at radius 1 is 1.25 bits per heavy atom. The second-order valence-corrected chi connectivity index (χ2v) is 4.76. The zero-order chi connectivity index (χ0) is 11.7. The molecule has 1 aromatic carbocycles. The van der Waals surface area contributed by atoms with Crippen molar-refractivity contribution in [2.75, 3.05) is 0 Å². The SMILES string of the molecule is CC(=O)[C@H]1CC(=O)CC1c1ccc(Cl)cc1. The molecule has 0 spiro atoms. The van der Waals surface area contributed by atoms with Gasteiger partial charge in [0.25, 0.3) is 0 Å². The Hall–Kier alpha value is -1.15. The highest BCUT2D eigenvalue weighted by atomic mass is 35.5. The molecule has 0 bridgehead atoms. The van der Waals surface area contributed by atoms with Gasteiger partial charge in [-0.2, -0.15) is 0 Å². The fourth-order valence-corrected chi connectivity index (χ4v) is 2.47. The third-order valence-electron chi connectivity index (χ3n) is 3.20. The highest BCUT2D eigenvalue weighted by Gasteiger charge is 2.36. The van der Waals surface area contributed by atoms with Crippen molar-refractivity contribution in [1.82, 2.24) is 0 Å². The van der Waals surface area contributed by atoms with E-state index in [9.17, 15) is 9.59 Å². The molecule has 1 fully saturated rings. The average Bonchev–Trinajstić information content (AvgIpc) is 2.61. The summed E-state index contributed by atoms with van der Waals surface area (Å²) in [6.45, 7) is 1.56. The van der Waals surface area contributed by atoms with Gasteiger partial charge in [0.15, 0.2) is 0 Å². The molecule has 0 amide bonds. The molecule has 0 saturated heterocycles. The third kappa shape index (κ3) is 2.17. The molecule has 1 saturated carbocycles. The molecule has 1 aliphatic carbocycles. The quantitative estimate of drug-likeness (QED) is 0.791. The topological polar surface area (TPSA) is 34.1 Å². The molecule has 84 valence electrons. The molecule has 1 unspecified atom stereocenters. The van der Waals surface area contributed by atoms with E-state index in [-0.39, 0.29) is 23.4 Å². The maximum atomic E-state index is 11.5. The molecule has 1 aliphatic rings. The van der Waals surface area contributed by atoms with Crippen LogP contribution in [0.2, 0.25) is 5.02 Å². The van der Waals surface area contributed by atoms with E-state index in [4.69, 9.17) is 11.6 Å². The summed E-state index contributed by atoms with van der Waals surface area (Å²) in [5.74, 6) is 0.182. The highest BCUT2D eigenvalue weighted by Crippen LogP contribution is 2.38. The van der Waals surface area contributed by atoms with Crippen LogP contribution in [-0.2, 0) is 9.59 Å². The van der Waals surface area contributed by atoms with Crippen LogP contribution in [0, 0.1) is 5.92 Å². The van der Waals surface area contributed by atoms with Gasteiger partial charge in [-0.3, -0.25) is 9.59 Å². The number of carbonyl (C=O) groups excluding carboxylic acids is 2. The van der Waals surface area contributed by atoms with E-state index < -0.39 is 0 Å². The second kappa shape index (κ2) is 4.38. The van der Waals surface area contributed by atoms with Crippen molar-refractivity contribution in [3.8, 4) is 0 Å². The molecule has 2 nitrogen and oxygen atoms in total. The molecule has 0 radical (unpaired) electrons. The minimum atomic E-state index is -0.145. The second-order valence-electron chi connectivity index (χ2n) is 4.32. The van der Waals surface area contributed by atoms with E-state index in [1.807, 2.05) is 12.1 Å². The van der Waals surface area contributed by atoms with Gasteiger partial charge in [-0.1, -0.05) is 23.7 Å². The van der Waals surface area contributed by atoms with Crippen LogP contribution in [0.25, 0.3) is 0 Å². The Bertz CT molecular complexity index is 422. The predicted octanol–water partition coefficient (Wildman–Crippen LogP) is 2.99. The third-order valence-corrected chi connectivity index (χ3v) is 3.45. The van der Waals surface area contributed by atoms with Crippen molar-refractivity contribution >= 4 is 23.2 Å². The molecule has 0 N–H and O–H groups in total. The fourth-order valence-electron chi connectivity index (χ4n) is 2.35. The Labute approximate surface area is 99.6 Å². The lowest BCUT2D eigenvalue weighted by molar-refractivity contribution is -0.123. The van der Waals surface area contributed by atoms with E-state index in [1.165, 1.54) is 0 Å². The molecule has 0 aliphatic heterocycles. The normalized spacial score (nSPS) is 24.8. The molecule has 3 heteroatoms. The van der Waals surface area contributed by atoms with Crippen molar-refractivity contribution in [3.63, 3.8) is 0 Å². The molecule has 1 aromatic rings. The van der Waals surface area contributed by atoms with E-state index >= 15 is 0 Å². The summed E-state index contributed by atoms with van der Waals surface area (Å²) in [7, 11) is 0. The molecule has 2 rings (SSSR count). The minimum Gasteiger partial charge on any atom is -0.300 e. The molecule has 0 aromatic heterocycles. The van der Waals surface area contributed by atoms with E-state index in [0.717, 1.165) is 5.56 Å². The number of ketones is 2. The molecular formula is C13H13ClO2. The van der Waals surface area contributed by atoms with Crippen LogP contribution in [0.15, 0.2) is 24.3 Å². The first-order valence-corrected chi connectivity index (χ1v) is 5.73. The number of benzene rings is 1. The maximum Gasteiger partial charge on any atom is 0.134 e. The van der Waals surface area contributed by atoms with Gasteiger partial charge in [0, 0.05) is 29.7 Å². The summed E-state index contributed by atoms with van der Waals surface area (Å²) in [6.07, 6.45) is 0.870. The van der Waals surface area contributed by atoms with E-state index in [1.54, 1.807) is 19.1 Å². The van der Waals surface area contributed by atoms with Gasteiger partial charge in [0.1, 0.15) is 11.6 Å². The van der Waals surface area contributed by atoms with Gasteiger partial charge in [-0.25, -0.2) is 0 Å². The van der Waals surface area contributed by atoms with Crippen molar-refractivity contribution in [1.29, 1.82) is 0 Å².